The second-order valence-corrected chi connectivity index (χ2v) is 8.52. The quantitative estimate of drug-likeness (QED) is 0.680. The van der Waals surface area contributed by atoms with Crippen LogP contribution in [0.25, 0.3) is 0 Å². The Bertz CT molecular complexity index is 822. The molecule has 0 radical (unpaired) electrons. The van der Waals surface area contributed by atoms with Gasteiger partial charge in [-0.25, -0.2) is 18.0 Å². The fourth-order valence-corrected chi connectivity index (χ4v) is 4.69. The Morgan fingerprint density at radius 3 is 2.41 bits per heavy atom. The van der Waals surface area contributed by atoms with Gasteiger partial charge < -0.3 is 20.7 Å². The van der Waals surface area contributed by atoms with Crippen molar-refractivity contribution < 1.29 is 27.5 Å². The lowest BCUT2D eigenvalue weighted by molar-refractivity contribution is -0.141. The molecule has 0 bridgehead atoms. The van der Waals surface area contributed by atoms with E-state index in [0.29, 0.717) is 18.7 Å². The number of carbonyl (C=O) groups excluding carboxylic acids is 3. The number of nitrogens with one attached hydrogen (secondary N) is 1. The van der Waals surface area contributed by atoms with Crippen LogP contribution in [-0.2, 0) is 19.4 Å². The molecule has 10 heteroatoms. The highest BCUT2D eigenvalue weighted by atomic mass is 32.2. The third kappa shape index (κ3) is 5.43. The summed E-state index contributed by atoms with van der Waals surface area (Å²) < 4.78 is 28.5. The summed E-state index contributed by atoms with van der Waals surface area (Å²) in [5.74, 6) is -1.14. The van der Waals surface area contributed by atoms with E-state index in [9.17, 15) is 22.8 Å². The van der Waals surface area contributed by atoms with Crippen LogP contribution < -0.4 is 11.1 Å². The molecule has 0 aromatic heterocycles. The van der Waals surface area contributed by atoms with Crippen molar-refractivity contribution in [3.63, 3.8) is 0 Å². The van der Waals surface area contributed by atoms with Gasteiger partial charge in [0.2, 0.25) is 0 Å². The summed E-state index contributed by atoms with van der Waals surface area (Å²) in [6.45, 7) is 3.53. The van der Waals surface area contributed by atoms with Gasteiger partial charge in [-0.05, 0) is 44.5 Å². The fourth-order valence-electron chi connectivity index (χ4n) is 2.96. The Hall–Kier alpha value is -2.62. The van der Waals surface area contributed by atoms with E-state index in [1.54, 1.807) is 6.92 Å². The Balaban J connectivity index is 2.00. The maximum atomic E-state index is 12.6. The molecule has 27 heavy (non-hydrogen) atoms. The van der Waals surface area contributed by atoms with Gasteiger partial charge in [-0.1, -0.05) is 0 Å². The number of hydrogen-bond donors (Lipinski definition) is 2. The van der Waals surface area contributed by atoms with Crippen LogP contribution in [0.5, 0.6) is 0 Å². The van der Waals surface area contributed by atoms with Gasteiger partial charge in [0.25, 0.3) is 5.91 Å². The van der Waals surface area contributed by atoms with Crippen LogP contribution in [0.1, 0.15) is 30.6 Å². The molecule has 2 atom stereocenters. The molecule has 1 aromatic rings. The van der Waals surface area contributed by atoms with Gasteiger partial charge in [0.1, 0.15) is 0 Å². The molecule has 0 spiro atoms. The number of esters is 1. The van der Waals surface area contributed by atoms with Crippen molar-refractivity contribution in [2.75, 3.05) is 23.4 Å². The lowest BCUT2D eigenvalue weighted by Gasteiger charge is -2.29. The van der Waals surface area contributed by atoms with E-state index < -0.39 is 39.9 Å². The molecule has 0 aliphatic carbocycles. The number of primary amides is 1. The van der Waals surface area contributed by atoms with Crippen LogP contribution in [0, 0.1) is 0 Å². The predicted octanol–water partition coefficient (Wildman–Crippen LogP) is 0.758. The molecule has 1 heterocycles. The first-order valence-corrected chi connectivity index (χ1v) is 10.3. The topological polar surface area (TPSA) is 136 Å². The van der Waals surface area contributed by atoms with Crippen molar-refractivity contribution in [1.29, 1.82) is 0 Å². The normalized spacial score (nSPS) is 19.1. The van der Waals surface area contributed by atoms with Gasteiger partial charge in [-0.3, -0.25) is 4.79 Å². The van der Waals surface area contributed by atoms with E-state index >= 15 is 0 Å². The average Bonchev–Trinajstić information content (AvgIpc) is 2.95. The smallest absolute Gasteiger partial charge is 0.338 e. The first-order valence-electron chi connectivity index (χ1n) is 8.51. The number of carbonyl (C=O) groups is 3. The van der Waals surface area contributed by atoms with Crippen LogP contribution >= 0.6 is 0 Å². The number of ether oxygens (including phenoxy) is 1. The molecule has 0 unspecified atom stereocenters. The molecule has 1 aromatic carbocycles. The third-order valence-corrected chi connectivity index (χ3v) is 6.04. The molecule has 1 saturated heterocycles. The summed E-state index contributed by atoms with van der Waals surface area (Å²) in [5.41, 5.74) is 5.63. The van der Waals surface area contributed by atoms with Crippen LogP contribution in [0.3, 0.4) is 0 Å². The van der Waals surface area contributed by atoms with E-state index in [4.69, 9.17) is 10.5 Å². The maximum Gasteiger partial charge on any atom is 0.338 e. The highest BCUT2D eigenvalue weighted by Gasteiger charge is 2.36. The minimum absolute atomic E-state index is 0.0568. The number of rotatable bonds is 6. The number of urea groups is 1. The van der Waals surface area contributed by atoms with Gasteiger partial charge in [0.15, 0.2) is 15.9 Å². The van der Waals surface area contributed by atoms with Gasteiger partial charge in [-0.2, -0.15) is 0 Å². The average molecular weight is 397 g/mol. The number of anilines is 1. The fraction of sp³-hybridized carbons (Fsp3) is 0.471. The first kappa shape index (κ1) is 20.7. The number of amides is 3. The molecule has 1 aliphatic rings. The van der Waals surface area contributed by atoms with Crippen molar-refractivity contribution in [3.05, 3.63) is 29.8 Å². The SMILES string of the molecule is CCN(C(=O)[C@H](C)OC(=O)c1ccc(NC(N)=O)cc1)[C@H]1CCS(=O)(=O)C1. The van der Waals surface area contributed by atoms with Crippen LogP contribution in [0.2, 0.25) is 0 Å². The van der Waals surface area contributed by atoms with Crippen LogP contribution in [0.4, 0.5) is 10.5 Å². The summed E-state index contributed by atoms with van der Waals surface area (Å²) in [4.78, 5) is 37.1. The highest BCUT2D eigenvalue weighted by molar-refractivity contribution is 7.91. The zero-order valence-corrected chi connectivity index (χ0v) is 16.0. The number of sulfone groups is 1. The molecule has 1 aliphatic heterocycles. The van der Waals surface area contributed by atoms with E-state index in [0.717, 1.165) is 0 Å². The minimum Gasteiger partial charge on any atom is -0.449 e. The maximum absolute atomic E-state index is 12.6. The predicted molar refractivity (Wildman–Crippen MR) is 99.0 cm³/mol. The Morgan fingerprint density at radius 2 is 1.93 bits per heavy atom. The Kier molecular flexibility index (Phi) is 6.42. The third-order valence-electron chi connectivity index (χ3n) is 4.29. The van der Waals surface area contributed by atoms with Gasteiger partial charge in [0, 0.05) is 18.3 Å². The number of benzene rings is 1. The second kappa shape index (κ2) is 8.38. The van der Waals surface area contributed by atoms with Gasteiger partial charge >= 0.3 is 12.0 Å². The lowest BCUT2D eigenvalue weighted by Crippen LogP contribution is -2.46. The van der Waals surface area contributed by atoms with E-state index in [1.807, 2.05) is 0 Å². The number of hydrogen-bond acceptors (Lipinski definition) is 6. The van der Waals surface area contributed by atoms with Gasteiger partial charge in [-0.15, -0.1) is 0 Å². The first-order chi connectivity index (χ1) is 12.6. The lowest BCUT2D eigenvalue weighted by atomic mass is 10.2. The van der Waals surface area contributed by atoms with Crippen LogP contribution in [0.15, 0.2) is 24.3 Å². The van der Waals surface area contributed by atoms with Crippen molar-refractivity contribution in [1.82, 2.24) is 4.90 Å². The van der Waals surface area contributed by atoms with Crippen molar-refractivity contribution in [2.45, 2.75) is 32.4 Å². The monoisotopic (exact) mass is 397 g/mol. The molecule has 148 valence electrons. The molecule has 3 amide bonds. The number of nitrogens with zero attached hydrogens (tertiary/aromatic N) is 1. The molecule has 9 nitrogen and oxygen atoms in total. The molecule has 3 N–H and O–H groups in total. The van der Waals surface area contributed by atoms with E-state index in [-0.39, 0.29) is 17.1 Å². The largest absolute Gasteiger partial charge is 0.449 e. The molecular weight excluding hydrogens is 374 g/mol. The molecule has 1 fully saturated rings. The van der Waals surface area contributed by atoms with E-state index in [1.165, 1.54) is 36.1 Å². The van der Waals surface area contributed by atoms with E-state index in [2.05, 4.69) is 5.32 Å². The summed E-state index contributed by atoms with van der Waals surface area (Å²) in [7, 11) is -3.13. The zero-order chi connectivity index (χ0) is 20.2. The van der Waals surface area contributed by atoms with Crippen molar-refractivity contribution in [3.8, 4) is 0 Å². The molecule has 2 rings (SSSR count). The van der Waals surface area contributed by atoms with Gasteiger partial charge in [0.05, 0.1) is 17.1 Å². The van der Waals surface area contributed by atoms with Crippen LogP contribution in [-0.4, -0.2) is 61.4 Å². The zero-order valence-electron chi connectivity index (χ0n) is 15.2. The van der Waals surface area contributed by atoms with Crippen molar-refractivity contribution in [2.24, 2.45) is 5.73 Å². The standard InChI is InChI=1S/C17H23N3O6S/c1-3-20(14-8-9-27(24,25)10-14)15(21)11(2)26-16(22)12-4-6-13(7-5-12)19-17(18)23/h4-7,11,14H,3,8-10H2,1-2H3,(H3,18,19,23)/t11-,14-/m0/s1. The Labute approximate surface area is 157 Å². The Morgan fingerprint density at radius 1 is 1.30 bits per heavy atom. The second-order valence-electron chi connectivity index (χ2n) is 6.30. The summed E-state index contributed by atoms with van der Waals surface area (Å²) >= 11 is 0. The molecule has 0 saturated carbocycles. The highest BCUT2D eigenvalue weighted by Crippen LogP contribution is 2.19. The number of nitrogens with two attached hydrogens (primary N) is 1. The van der Waals surface area contributed by atoms with Crippen molar-refractivity contribution >= 4 is 33.4 Å². The number of likely N-dealkylation sites (N-methyl/N-ethyl adjacent to an activating group) is 1. The minimum atomic E-state index is -3.13. The summed E-state index contributed by atoms with van der Waals surface area (Å²) in [6, 6.07) is 4.72. The molecular formula is C17H23N3O6S. The summed E-state index contributed by atoms with van der Waals surface area (Å²) in [5, 5.41) is 2.37. The summed E-state index contributed by atoms with van der Waals surface area (Å²) in [6.07, 6.45) is -0.666.